The van der Waals surface area contributed by atoms with E-state index in [0.29, 0.717) is 0 Å². The number of nitrogens with zero attached hydrogens (tertiary/aromatic N) is 18. The SMILES string of the molecule is Cc1c[c-]cc(C)n1.N#CO.N#C[S-].[C-]#N.[N-]=C=S.[Ni+2].[Ni+2].[Ni+2].[Ni+2].[Ni+2].[Ni].[c-]1c(-c2ccccn2)cccc1-c1ccccn1.[c-]1c(-c2ccccn2)cccc1-c1ccccn1.[c-]1c(-c2ccccn2)cccc1-c1ccccn1.[c-]1c(-c2ccccn2)cccc1-c1ccccn1.[c-]1c(-c2ccccn2)cccc1-c1ccccn1.[c-]1c(-c2ccccn2)cccc1-c1ccccn1.[c-]1ccncc1. The fraction of sp³-hybridized carbons (Fsp3) is 0.0179. The van der Waals surface area contributed by atoms with E-state index in [1.165, 1.54) is 10.6 Å². The summed E-state index contributed by atoms with van der Waals surface area (Å²) in [6.07, 6.45) is 25.6. The van der Waals surface area contributed by atoms with Crippen molar-refractivity contribution in [2.45, 2.75) is 13.8 Å². The molecule has 0 aliphatic heterocycles. The van der Waals surface area contributed by atoms with E-state index in [1.807, 2.05) is 354 Å². The van der Waals surface area contributed by atoms with Crippen LogP contribution in [0, 0.1) is 96.4 Å². The van der Waals surface area contributed by atoms with Gasteiger partial charge in [0.15, 0.2) is 0 Å². The number of isothiocyanates is 1. The Bertz CT molecular complexity index is 5510. The van der Waals surface area contributed by atoms with Crippen molar-refractivity contribution in [1.29, 1.82) is 15.8 Å². The van der Waals surface area contributed by atoms with E-state index in [2.05, 4.69) is 143 Å². The van der Waals surface area contributed by atoms with Gasteiger partial charge in [-0.05, 0) is 72.8 Å². The van der Waals surface area contributed by atoms with Crippen LogP contribution in [0.15, 0.2) is 439 Å². The van der Waals surface area contributed by atoms with Crippen molar-refractivity contribution in [3.63, 3.8) is 0 Å². The van der Waals surface area contributed by atoms with Crippen molar-refractivity contribution in [1.82, 2.24) is 69.8 Å². The molecule has 0 unspecified atom stereocenters. The largest absolute Gasteiger partial charge is 2.00 e. The van der Waals surface area contributed by atoms with Crippen LogP contribution in [0.1, 0.15) is 11.4 Å². The smallest absolute Gasteiger partial charge is 0.753 e. The second-order valence-electron chi connectivity index (χ2n) is 26.5. The molecule has 20 rings (SSSR count). The Balaban J connectivity index is 0.000000405. The molecule has 0 saturated heterocycles. The third-order valence-electron chi connectivity index (χ3n) is 17.5. The van der Waals surface area contributed by atoms with Gasteiger partial charge in [0.05, 0.1) is 0 Å². The van der Waals surface area contributed by atoms with Gasteiger partial charge in [-0.25, -0.2) is 5.26 Å². The number of aliphatic hydroxyl groups is 1. The summed E-state index contributed by atoms with van der Waals surface area (Å²) in [6, 6.07) is 140. The zero-order valence-electron chi connectivity index (χ0n) is 73.8. The van der Waals surface area contributed by atoms with Gasteiger partial charge in [0.2, 0.25) is 0 Å². The molecule has 0 spiro atoms. The van der Waals surface area contributed by atoms with E-state index < -0.39 is 0 Å². The molecule has 0 radical (unpaired) electrons. The molecule has 139 heavy (non-hydrogen) atoms. The Labute approximate surface area is 882 Å². The molecule has 27 heteroatoms. The topological polar surface area (TPSA) is 294 Å². The van der Waals surface area contributed by atoms with Crippen LogP contribution in [0.3, 0.4) is 0 Å². The zero-order chi connectivity index (χ0) is 93.6. The molecule has 0 fully saturated rings. The number of pyridine rings is 14. The number of aryl methyl sites for hydroxylation is 2. The third kappa shape index (κ3) is 42.6. The number of nitriles is 2. The minimum absolute atomic E-state index is 0. The summed E-state index contributed by atoms with van der Waals surface area (Å²) >= 11 is 7.40. The molecule has 1 N–H and O–H groups in total. The number of benzene rings is 6. The predicted octanol–water partition coefficient (Wildman–Crippen LogP) is 24.6. The van der Waals surface area contributed by atoms with Crippen LogP contribution >= 0.6 is 12.2 Å². The maximum absolute atomic E-state index is 7.13. The Morgan fingerprint density at radius 3 is 0.475 bits per heavy atom. The Kier molecular flexibility index (Phi) is 60.4. The summed E-state index contributed by atoms with van der Waals surface area (Å²) < 4.78 is 0. The molecule has 19 nitrogen and oxygen atoms in total. The number of hydrogen-bond donors (Lipinski definition) is 1. The zero-order valence-corrected chi connectivity index (χ0v) is 81.3. The molecule has 0 atom stereocenters. The Hall–Kier alpha value is -15.3. The second-order valence-corrected chi connectivity index (χ2v) is 26.9. The predicted molar refractivity (Wildman–Crippen MR) is 528 cm³/mol. The first-order valence-electron chi connectivity index (χ1n) is 40.6. The van der Waals surface area contributed by atoms with Crippen LogP contribution in [0.4, 0.5) is 0 Å². The van der Waals surface area contributed by atoms with Crippen LogP contribution in [0.5, 0.6) is 0 Å². The minimum atomic E-state index is 0. The first-order valence-corrected chi connectivity index (χ1v) is 41.4. The van der Waals surface area contributed by atoms with Gasteiger partial charge >= 0.3 is 82.5 Å². The standard InChI is InChI=1S/6C16H11N2.C7H8N.C5H4N.CHNO.CHNS.CNS.CN.6Ni/c6*1-3-10-17-15(8-1)13-6-5-7-14(12-13)16-9-2-4-11-18-16;1-6-4-3-5-7(2)8-6;1-2-4-6-5-3-1;3*2-1-3;1-2;;;;;;/h6*1-11H;4-5H,1-2H3;2-5H;2*3H;;;;;;;;/q8*-1;;;2*-1;;5*+2/p-1. The van der Waals surface area contributed by atoms with Crippen molar-refractivity contribution in [3.8, 4) is 147 Å². The van der Waals surface area contributed by atoms with Crippen molar-refractivity contribution < 1.29 is 104 Å². The third-order valence-corrected chi connectivity index (χ3v) is 17.5. The first kappa shape index (κ1) is 118. The number of thiocarbonyl (C=S) groups is 1. The first-order chi connectivity index (χ1) is 65.6. The molecular formula is C112H79N18Ni6OS2-. The maximum Gasteiger partial charge on any atom is 2.00 e. The second kappa shape index (κ2) is 71.2. The van der Waals surface area contributed by atoms with Gasteiger partial charge in [-0.1, -0.05) is 268 Å². The van der Waals surface area contributed by atoms with E-state index in [9.17, 15) is 0 Å². The molecule has 14 aromatic heterocycles. The van der Waals surface area contributed by atoms with Crippen molar-refractivity contribution in [2.24, 2.45) is 0 Å². The van der Waals surface area contributed by atoms with E-state index in [4.69, 9.17) is 32.9 Å². The van der Waals surface area contributed by atoms with E-state index in [1.54, 1.807) is 98.9 Å². The van der Waals surface area contributed by atoms with Gasteiger partial charge in [-0.15, -0.1) is 146 Å². The molecule has 14 heterocycles. The van der Waals surface area contributed by atoms with Crippen LogP contribution in [0.2, 0.25) is 0 Å². The monoisotopic (exact) mass is 2100 g/mol. The summed E-state index contributed by atoms with van der Waals surface area (Å²) in [7, 11) is 0. The summed E-state index contributed by atoms with van der Waals surface area (Å²) in [5, 5.41) is 36.9. The quantitative estimate of drug-likeness (QED) is 0.0297. The average molecular weight is 2110 g/mol. The molecule has 0 saturated carbocycles. The molecule has 696 valence electrons. The van der Waals surface area contributed by atoms with Gasteiger partial charge in [-0.3, -0.25) is 59.8 Å². The summed E-state index contributed by atoms with van der Waals surface area (Å²) in [5.74, 6) is 0. The summed E-state index contributed by atoms with van der Waals surface area (Å²) in [4.78, 5) is 59.9. The van der Waals surface area contributed by atoms with E-state index in [0.717, 1.165) is 153 Å². The summed E-state index contributed by atoms with van der Waals surface area (Å²) in [5.41, 5.74) is 25.0. The van der Waals surface area contributed by atoms with Crippen molar-refractivity contribution in [2.75, 3.05) is 0 Å². The van der Waals surface area contributed by atoms with E-state index >= 15 is 0 Å². The maximum atomic E-state index is 7.13. The number of thiocyanates is 1. The molecule has 0 aliphatic rings. The van der Waals surface area contributed by atoms with Gasteiger partial charge in [0.1, 0.15) is 0 Å². The van der Waals surface area contributed by atoms with Gasteiger partial charge in [0, 0.05) is 159 Å². The van der Waals surface area contributed by atoms with E-state index in [-0.39, 0.29) is 98.9 Å². The van der Waals surface area contributed by atoms with Gasteiger partial charge in [-0.2, -0.15) is 46.8 Å². The molecule has 0 amide bonds. The molecular weight excluding hydrogens is 2030 g/mol. The van der Waals surface area contributed by atoms with Crippen molar-refractivity contribution in [3.05, 3.63) is 511 Å². The normalized spacial score (nSPS) is 8.99. The van der Waals surface area contributed by atoms with Crippen LogP contribution < -0.4 is 0 Å². The number of hydrogen-bond acceptors (Lipinski definition) is 20. The number of aromatic nitrogens is 14. The Morgan fingerprint density at radius 1 is 0.266 bits per heavy atom. The molecule has 0 bridgehead atoms. The fourth-order valence-corrected chi connectivity index (χ4v) is 11.8. The Morgan fingerprint density at radius 2 is 0.396 bits per heavy atom. The van der Waals surface area contributed by atoms with Gasteiger partial charge in [0.25, 0.3) is 6.26 Å². The number of aliphatic hydroxyl groups excluding tert-OH is 1. The molecule has 20 aromatic rings. The fourth-order valence-electron chi connectivity index (χ4n) is 11.8. The minimum Gasteiger partial charge on any atom is -0.753 e. The number of rotatable bonds is 12. The van der Waals surface area contributed by atoms with Gasteiger partial charge < -0.3 is 44.9 Å². The van der Waals surface area contributed by atoms with Crippen molar-refractivity contribution >= 4 is 30.0 Å². The average Bonchev–Trinajstić information content (AvgIpc) is 0.862. The molecule has 6 aromatic carbocycles. The molecule has 0 aliphatic carbocycles. The van der Waals surface area contributed by atoms with Crippen LogP contribution in [0.25, 0.3) is 140 Å². The van der Waals surface area contributed by atoms with Crippen LogP contribution in [-0.4, -0.2) is 80.0 Å². The van der Waals surface area contributed by atoms with Crippen LogP contribution in [-0.2, 0) is 112 Å². The summed E-state index contributed by atoms with van der Waals surface area (Å²) in [6.45, 7) is 8.67.